The van der Waals surface area contributed by atoms with Crippen molar-refractivity contribution in [1.82, 2.24) is 5.32 Å². The van der Waals surface area contributed by atoms with Crippen LogP contribution in [0.2, 0.25) is 0 Å². The maximum atomic E-state index is 11.4. The molecule has 1 aliphatic carbocycles. The van der Waals surface area contributed by atoms with Gasteiger partial charge in [-0.05, 0) is 68.5 Å². The van der Waals surface area contributed by atoms with Gasteiger partial charge in [-0.25, -0.2) is 0 Å². The fourth-order valence-corrected chi connectivity index (χ4v) is 2.83. The fraction of sp³-hybridized carbons (Fsp3) is 0.467. The first-order valence-electron chi connectivity index (χ1n) is 6.75. The van der Waals surface area contributed by atoms with Crippen molar-refractivity contribution in [2.75, 3.05) is 13.1 Å². The van der Waals surface area contributed by atoms with Crippen molar-refractivity contribution >= 4 is 11.5 Å². The van der Waals surface area contributed by atoms with Crippen molar-refractivity contribution in [2.24, 2.45) is 10.9 Å². The second kappa shape index (κ2) is 5.02. The molecule has 3 heteroatoms. The quantitative estimate of drug-likeness (QED) is 0.771. The molecule has 0 bridgehead atoms. The van der Waals surface area contributed by atoms with Gasteiger partial charge < -0.3 is 5.32 Å². The summed E-state index contributed by atoms with van der Waals surface area (Å²) in [5, 5.41) is 3.39. The lowest BCUT2D eigenvalue weighted by atomic mass is 9.88. The zero-order valence-electron chi connectivity index (χ0n) is 10.5. The van der Waals surface area contributed by atoms with Gasteiger partial charge in [-0.15, -0.1) is 0 Å². The summed E-state index contributed by atoms with van der Waals surface area (Å²) in [7, 11) is 0. The first kappa shape index (κ1) is 11.6. The Morgan fingerprint density at radius 3 is 2.94 bits per heavy atom. The van der Waals surface area contributed by atoms with Gasteiger partial charge in [0.15, 0.2) is 5.78 Å². The molecule has 0 aromatic carbocycles. The highest BCUT2D eigenvalue weighted by Gasteiger charge is 2.21. The number of aliphatic imine (C=N–C) groups is 1. The minimum atomic E-state index is 0.0821. The molecule has 3 aliphatic rings. The molecule has 0 saturated carbocycles. The van der Waals surface area contributed by atoms with Gasteiger partial charge in [0.25, 0.3) is 0 Å². The Kier molecular flexibility index (Phi) is 3.24. The maximum absolute atomic E-state index is 11.4. The number of nitrogens with one attached hydrogen (secondary N) is 1. The normalized spacial score (nSPS) is 23.6. The zero-order chi connectivity index (χ0) is 12.4. The summed E-state index contributed by atoms with van der Waals surface area (Å²) in [6, 6.07) is 0. The molecule has 2 aliphatic heterocycles. The van der Waals surface area contributed by atoms with Gasteiger partial charge in [-0.2, -0.15) is 0 Å². The van der Waals surface area contributed by atoms with E-state index in [-0.39, 0.29) is 5.78 Å². The number of nitrogens with zero attached hydrogens (tertiary/aromatic N) is 1. The molecule has 0 amide bonds. The third kappa shape index (κ3) is 2.36. The summed E-state index contributed by atoms with van der Waals surface area (Å²) in [6.45, 7) is 2.30. The molecule has 1 saturated heterocycles. The lowest BCUT2D eigenvalue weighted by Gasteiger charge is -2.22. The molecule has 3 nitrogen and oxygen atoms in total. The molecule has 0 aromatic heterocycles. The monoisotopic (exact) mass is 242 g/mol. The van der Waals surface area contributed by atoms with E-state index >= 15 is 0 Å². The van der Waals surface area contributed by atoms with Gasteiger partial charge in [0.1, 0.15) is 0 Å². The van der Waals surface area contributed by atoms with E-state index in [4.69, 9.17) is 0 Å². The Morgan fingerprint density at radius 1 is 1.28 bits per heavy atom. The number of carbonyl (C=O) groups is 1. The second-order valence-electron chi connectivity index (χ2n) is 5.19. The van der Waals surface area contributed by atoms with Crippen LogP contribution in [-0.2, 0) is 4.79 Å². The van der Waals surface area contributed by atoms with Gasteiger partial charge in [0.2, 0.25) is 0 Å². The first-order valence-corrected chi connectivity index (χ1v) is 6.75. The minimum Gasteiger partial charge on any atom is -0.317 e. The molecule has 2 heterocycles. The smallest absolute Gasteiger partial charge is 0.179 e. The number of carbonyl (C=O) groups excluding carboxylic acids is 1. The molecule has 1 N–H and O–H groups in total. The number of fused-ring (bicyclic) bond motifs is 1. The number of hydrogen-bond donors (Lipinski definition) is 1. The van der Waals surface area contributed by atoms with Crippen molar-refractivity contribution in [3.63, 3.8) is 0 Å². The summed E-state index contributed by atoms with van der Waals surface area (Å²) < 4.78 is 0. The first-order chi connectivity index (χ1) is 8.83. The molecule has 94 valence electrons. The molecule has 18 heavy (non-hydrogen) atoms. The molecule has 1 fully saturated rings. The molecule has 0 unspecified atom stereocenters. The fourth-order valence-electron chi connectivity index (χ4n) is 2.83. The Morgan fingerprint density at radius 2 is 2.11 bits per heavy atom. The Hall–Kier alpha value is -1.48. The van der Waals surface area contributed by atoms with Crippen LogP contribution < -0.4 is 5.32 Å². The van der Waals surface area contributed by atoms with Gasteiger partial charge in [0.05, 0.1) is 5.71 Å². The van der Waals surface area contributed by atoms with E-state index in [0.717, 1.165) is 36.7 Å². The SMILES string of the molecule is O=C1C=CC2=NC=C(CCC3CCNCC3)C2=C1. The van der Waals surface area contributed by atoms with Crippen LogP contribution >= 0.6 is 0 Å². The third-order valence-corrected chi connectivity index (χ3v) is 3.95. The van der Waals surface area contributed by atoms with E-state index in [1.54, 1.807) is 12.2 Å². The lowest BCUT2D eigenvalue weighted by molar-refractivity contribution is -0.110. The van der Waals surface area contributed by atoms with Crippen molar-refractivity contribution in [2.45, 2.75) is 25.7 Å². The van der Waals surface area contributed by atoms with E-state index < -0.39 is 0 Å². The van der Waals surface area contributed by atoms with Crippen LogP contribution in [0.15, 0.2) is 40.6 Å². The highest BCUT2D eigenvalue weighted by atomic mass is 16.1. The van der Waals surface area contributed by atoms with Crippen LogP contribution in [0.5, 0.6) is 0 Å². The molecule has 0 atom stereocenters. The zero-order valence-corrected chi connectivity index (χ0v) is 10.5. The maximum Gasteiger partial charge on any atom is 0.179 e. The van der Waals surface area contributed by atoms with Crippen LogP contribution in [0.25, 0.3) is 0 Å². The lowest BCUT2D eigenvalue weighted by Crippen LogP contribution is -2.27. The van der Waals surface area contributed by atoms with E-state index in [1.165, 1.54) is 24.8 Å². The average Bonchev–Trinajstić information content (AvgIpc) is 2.80. The average molecular weight is 242 g/mol. The number of hydrogen-bond acceptors (Lipinski definition) is 3. The predicted molar refractivity (Wildman–Crippen MR) is 72.6 cm³/mol. The van der Waals surface area contributed by atoms with Crippen molar-refractivity contribution < 1.29 is 4.79 Å². The van der Waals surface area contributed by atoms with Crippen LogP contribution in [-0.4, -0.2) is 24.6 Å². The Balaban J connectivity index is 1.60. The van der Waals surface area contributed by atoms with Gasteiger partial charge >= 0.3 is 0 Å². The topological polar surface area (TPSA) is 41.5 Å². The minimum absolute atomic E-state index is 0.0821. The van der Waals surface area contributed by atoms with Gasteiger partial charge in [0, 0.05) is 11.8 Å². The summed E-state index contributed by atoms with van der Waals surface area (Å²) in [6.07, 6.45) is 11.9. The Labute approximate surface area is 107 Å². The van der Waals surface area contributed by atoms with Crippen LogP contribution in [0.3, 0.4) is 0 Å². The van der Waals surface area contributed by atoms with Gasteiger partial charge in [-0.3, -0.25) is 9.79 Å². The Bertz CT molecular complexity index is 477. The van der Waals surface area contributed by atoms with Gasteiger partial charge in [-0.1, -0.05) is 0 Å². The predicted octanol–water partition coefficient (Wildman–Crippen LogP) is 2.17. The highest BCUT2D eigenvalue weighted by Crippen LogP contribution is 2.29. The third-order valence-electron chi connectivity index (χ3n) is 3.95. The number of piperidine rings is 1. The van der Waals surface area contributed by atoms with E-state index in [0.29, 0.717) is 0 Å². The summed E-state index contributed by atoms with van der Waals surface area (Å²) in [4.78, 5) is 15.8. The van der Waals surface area contributed by atoms with Crippen LogP contribution in [0, 0.1) is 5.92 Å². The molecular weight excluding hydrogens is 224 g/mol. The van der Waals surface area contributed by atoms with Crippen LogP contribution in [0.4, 0.5) is 0 Å². The molecule has 0 radical (unpaired) electrons. The summed E-state index contributed by atoms with van der Waals surface area (Å²) in [5.74, 6) is 0.908. The van der Waals surface area contributed by atoms with E-state index in [1.807, 2.05) is 12.3 Å². The molecule has 0 spiro atoms. The highest BCUT2D eigenvalue weighted by molar-refractivity contribution is 6.22. The van der Waals surface area contributed by atoms with Crippen molar-refractivity contribution in [3.05, 3.63) is 35.6 Å². The van der Waals surface area contributed by atoms with Crippen molar-refractivity contribution in [1.29, 1.82) is 0 Å². The largest absolute Gasteiger partial charge is 0.317 e. The molecule has 3 rings (SSSR count). The molecular formula is C15H18N2O. The van der Waals surface area contributed by atoms with E-state index in [9.17, 15) is 4.79 Å². The van der Waals surface area contributed by atoms with E-state index in [2.05, 4.69) is 10.3 Å². The van der Waals surface area contributed by atoms with Crippen molar-refractivity contribution in [3.8, 4) is 0 Å². The second-order valence-corrected chi connectivity index (χ2v) is 5.19. The summed E-state index contributed by atoms with van der Waals surface area (Å²) in [5.41, 5.74) is 3.24. The number of rotatable bonds is 3. The van der Waals surface area contributed by atoms with Crippen LogP contribution in [0.1, 0.15) is 25.7 Å². The standard InChI is InChI=1S/C15H18N2O/c18-13-3-4-15-14(9-13)12(10-17-15)2-1-11-5-7-16-8-6-11/h3-4,9-11,16H,1-2,5-8H2. The number of ketones is 1. The molecule has 0 aromatic rings. The number of allylic oxidation sites excluding steroid dienone is 5. The summed E-state index contributed by atoms with van der Waals surface area (Å²) >= 11 is 0.